The van der Waals surface area contributed by atoms with Crippen LogP contribution in [0, 0.1) is 0 Å². The van der Waals surface area contributed by atoms with Gasteiger partial charge in [0, 0.05) is 11.9 Å². The van der Waals surface area contributed by atoms with Crippen LogP contribution in [0.5, 0.6) is 0 Å². The Balaban J connectivity index is 2.11. The van der Waals surface area contributed by atoms with Crippen molar-refractivity contribution in [2.24, 2.45) is 0 Å². The summed E-state index contributed by atoms with van der Waals surface area (Å²) in [4.78, 5) is 16.0. The van der Waals surface area contributed by atoms with E-state index in [9.17, 15) is 4.79 Å². The van der Waals surface area contributed by atoms with E-state index in [2.05, 4.69) is 10.1 Å². The molecule has 0 radical (unpaired) electrons. The van der Waals surface area contributed by atoms with Gasteiger partial charge in [0.2, 0.25) is 0 Å². The largest absolute Gasteiger partial charge is 0.292 e. The SMILES string of the molecule is CCn1nc(Cn2cnc(Cl)c(Cl)c2=O)c2ccccc21. The first kappa shape index (κ1) is 14.1. The Morgan fingerprint density at radius 1 is 1.24 bits per heavy atom. The van der Waals surface area contributed by atoms with Gasteiger partial charge >= 0.3 is 0 Å². The zero-order valence-electron chi connectivity index (χ0n) is 11.3. The molecule has 5 nitrogen and oxygen atoms in total. The van der Waals surface area contributed by atoms with Crippen molar-refractivity contribution in [3.8, 4) is 0 Å². The molecule has 0 atom stereocenters. The van der Waals surface area contributed by atoms with Gasteiger partial charge in [0.05, 0.1) is 24.1 Å². The fraction of sp³-hybridized carbons (Fsp3) is 0.214. The van der Waals surface area contributed by atoms with E-state index in [4.69, 9.17) is 23.2 Å². The minimum Gasteiger partial charge on any atom is -0.292 e. The van der Waals surface area contributed by atoms with Crippen LogP contribution in [-0.4, -0.2) is 19.3 Å². The normalized spacial score (nSPS) is 11.2. The fourth-order valence-corrected chi connectivity index (χ4v) is 2.55. The highest BCUT2D eigenvalue weighted by Crippen LogP contribution is 2.19. The predicted molar refractivity (Wildman–Crippen MR) is 83.0 cm³/mol. The second-order valence-corrected chi connectivity index (χ2v) is 5.30. The molecule has 0 spiro atoms. The molecular weight excluding hydrogens is 311 g/mol. The number of rotatable bonds is 3. The van der Waals surface area contributed by atoms with Crippen LogP contribution in [0.15, 0.2) is 35.4 Å². The molecule has 0 saturated heterocycles. The van der Waals surface area contributed by atoms with Crippen LogP contribution in [0.1, 0.15) is 12.6 Å². The number of aryl methyl sites for hydroxylation is 1. The maximum Gasteiger partial charge on any atom is 0.274 e. The number of fused-ring (bicyclic) bond motifs is 1. The van der Waals surface area contributed by atoms with Crippen molar-refractivity contribution in [1.82, 2.24) is 19.3 Å². The molecule has 3 aromatic rings. The maximum atomic E-state index is 12.1. The van der Waals surface area contributed by atoms with Crippen molar-refractivity contribution >= 4 is 34.1 Å². The molecule has 1 aromatic carbocycles. The molecule has 0 fully saturated rings. The van der Waals surface area contributed by atoms with E-state index in [1.807, 2.05) is 35.9 Å². The van der Waals surface area contributed by atoms with E-state index < -0.39 is 0 Å². The van der Waals surface area contributed by atoms with Crippen molar-refractivity contribution in [2.45, 2.75) is 20.0 Å². The first-order valence-corrected chi connectivity index (χ1v) is 7.22. The van der Waals surface area contributed by atoms with E-state index in [-0.39, 0.29) is 15.7 Å². The molecule has 0 aliphatic heterocycles. The predicted octanol–water partition coefficient (Wildman–Crippen LogP) is 2.97. The Kier molecular flexibility index (Phi) is 3.69. The highest BCUT2D eigenvalue weighted by molar-refractivity contribution is 6.40. The molecule has 21 heavy (non-hydrogen) atoms. The number of benzene rings is 1. The summed E-state index contributed by atoms with van der Waals surface area (Å²) < 4.78 is 3.31. The van der Waals surface area contributed by atoms with E-state index in [0.29, 0.717) is 6.54 Å². The van der Waals surface area contributed by atoms with E-state index in [0.717, 1.165) is 23.1 Å². The summed E-state index contributed by atoms with van der Waals surface area (Å²) in [5, 5.41) is 5.51. The molecule has 0 aliphatic carbocycles. The number of hydrogen-bond donors (Lipinski definition) is 0. The van der Waals surface area contributed by atoms with E-state index in [1.165, 1.54) is 10.9 Å². The number of aromatic nitrogens is 4. The molecule has 108 valence electrons. The van der Waals surface area contributed by atoms with Crippen molar-refractivity contribution < 1.29 is 0 Å². The average Bonchev–Trinajstić information content (AvgIpc) is 2.86. The van der Waals surface area contributed by atoms with Gasteiger partial charge in [-0.2, -0.15) is 5.10 Å². The third kappa shape index (κ3) is 2.43. The van der Waals surface area contributed by atoms with Gasteiger partial charge in [0.15, 0.2) is 5.15 Å². The molecule has 2 heterocycles. The lowest BCUT2D eigenvalue weighted by Crippen LogP contribution is -2.22. The van der Waals surface area contributed by atoms with Crippen LogP contribution in [-0.2, 0) is 13.1 Å². The van der Waals surface area contributed by atoms with Crippen LogP contribution >= 0.6 is 23.2 Å². The quantitative estimate of drug-likeness (QED) is 0.696. The smallest absolute Gasteiger partial charge is 0.274 e. The number of hydrogen-bond acceptors (Lipinski definition) is 3. The van der Waals surface area contributed by atoms with Gasteiger partial charge in [-0.1, -0.05) is 41.4 Å². The molecule has 0 saturated carbocycles. The lowest BCUT2D eigenvalue weighted by molar-refractivity contribution is 0.644. The third-order valence-electron chi connectivity index (χ3n) is 3.29. The summed E-state index contributed by atoms with van der Waals surface area (Å²) >= 11 is 11.6. The van der Waals surface area contributed by atoms with Crippen molar-refractivity contribution in [3.05, 3.63) is 56.8 Å². The fourth-order valence-electron chi connectivity index (χ4n) is 2.27. The number of nitrogens with zero attached hydrogens (tertiary/aromatic N) is 4. The second-order valence-electron chi connectivity index (χ2n) is 4.56. The monoisotopic (exact) mass is 322 g/mol. The maximum absolute atomic E-state index is 12.1. The summed E-state index contributed by atoms with van der Waals surface area (Å²) in [6.45, 7) is 3.08. The molecule has 0 aliphatic rings. The van der Waals surface area contributed by atoms with Crippen LogP contribution in [0.4, 0.5) is 0 Å². The number of halogens is 2. The molecule has 2 aromatic heterocycles. The second kappa shape index (κ2) is 5.50. The molecule has 7 heteroatoms. The van der Waals surface area contributed by atoms with E-state index in [1.54, 1.807) is 0 Å². The Labute approximate surface area is 130 Å². The van der Waals surface area contributed by atoms with Crippen LogP contribution < -0.4 is 5.56 Å². The first-order valence-electron chi connectivity index (χ1n) is 6.46. The Hall–Kier alpha value is -1.85. The number of para-hydroxylation sites is 1. The van der Waals surface area contributed by atoms with Crippen molar-refractivity contribution in [3.63, 3.8) is 0 Å². The first-order chi connectivity index (χ1) is 10.1. The summed E-state index contributed by atoms with van der Waals surface area (Å²) in [6, 6.07) is 7.90. The van der Waals surface area contributed by atoms with Crippen LogP contribution in [0.25, 0.3) is 10.9 Å². The van der Waals surface area contributed by atoms with Gasteiger partial charge < -0.3 is 0 Å². The summed E-state index contributed by atoms with van der Waals surface area (Å²) in [6.07, 6.45) is 1.39. The van der Waals surface area contributed by atoms with Gasteiger partial charge in [-0.3, -0.25) is 14.0 Å². The van der Waals surface area contributed by atoms with Gasteiger partial charge in [0.25, 0.3) is 5.56 Å². The Morgan fingerprint density at radius 3 is 2.76 bits per heavy atom. The molecular formula is C14H12Cl2N4O. The highest BCUT2D eigenvalue weighted by atomic mass is 35.5. The minimum atomic E-state index is -0.369. The summed E-state index contributed by atoms with van der Waals surface area (Å²) in [5.41, 5.74) is 1.47. The zero-order valence-corrected chi connectivity index (χ0v) is 12.8. The van der Waals surface area contributed by atoms with Gasteiger partial charge in [-0.05, 0) is 13.0 Å². The standard InChI is InChI=1S/C14H12Cl2N4O/c1-2-20-11-6-4-3-5-9(11)10(18-20)7-19-8-17-13(16)12(15)14(19)21/h3-6,8H,2,7H2,1H3. The van der Waals surface area contributed by atoms with Crippen molar-refractivity contribution in [1.29, 1.82) is 0 Å². The molecule has 0 bridgehead atoms. The minimum absolute atomic E-state index is 0.0156. The molecule has 0 N–H and O–H groups in total. The van der Waals surface area contributed by atoms with Gasteiger partial charge in [-0.15, -0.1) is 0 Å². The summed E-state index contributed by atoms with van der Waals surface area (Å²) in [7, 11) is 0. The van der Waals surface area contributed by atoms with E-state index >= 15 is 0 Å². The lowest BCUT2D eigenvalue weighted by atomic mass is 10.2. The topological polar surface area (TPSA) is 52.7 Å². The van der Waals surface area contributed by atoms with Crippen molar-refractivity contribution in [2.75, 3.05) is 0 Å². The average molecular weight is 323 g/mol. The Bertz CT molecular complexity index is 869. The van der Waals surface area contributed by atoms with Crippen LogP contribution in [0.3, 0.4) is 0 Å². The van der Waals surface area contributed by atoms with Gasteiger partial charge in [-0.25, -0.2) is 4.98 Å². The lowest BCUT2D eigenvalue weighted by Gasteiger charge is -2.04. The third-order valence-corrected chi connectivity index (χ3v) is 4.02. The molecule has 0 unspecified atom stereocenters. The molecule has 0 amide bonds. The Morgan fingerprint density at radius 2 is 2.00 bits per heavy atom. The zero-order chi connectivity index (χ0) is 15.0. The summed E-state index contributed by atoms with van der Waals surface area (Å²) in [5.74, 6) is 0. The highest BCUT2D eigenvalue weighted by Gasteiger charge is 2.12. The van der Waals surface area contributed by atoms with Crippen LogP contribution in [0.2, 0.25) is 10.2 Å². The van der Waals surface area contributed by atoms with Gasteiger partial charge in [0.1, 0.15) is 5.02 Å². The molecule has 3 rings (SSSR count).